The fourth-order valence-corrected chi connectivity index (χ4v) is 4.46. The summed E-state index contributed by atoms with van der Waals surface area (Å²) in [4.78, 5) is 37.9. The van der Waals surface area contributed by atoms with Gasteiger partial charge in [-0.1, -0.05) is 11.6 Å². The maximum absolute atomic E-state index is 12.9. The number of amides is 2. The Morgan fingerprint density at radius 1 is 1.00 bits per heavy atom. The smallest absolute Gasteiger partial charge is 0.335 e. The van der Waals surface area contributed by atoms with E-state index in [0.717, 1.165) is 39.3 Å². The number of carboxylic acid groups (broad SMARTS) is 1. The Labute approximate surface area is 187 Å². The van der Waals surface area contributed by atoms with Gasteiger partial charge in [0.2, 0.25) is 0 Å². The van der Waals surface area contributed by atoms with E-state index in [1.165, 1.54) is 0 Å². The molecule has 0 atom stereocenters. The van der Waals surface area contributed by atoms with E-state index < -0.39 is 5.97 Å². The van der Waals surface area contributed by atoms with Gasteiger partial charge in [-0.15, -0.1) is 0 Å². The van der Waals surface area contributed by atoms with Crippen LogP contribution in [-0.4, -0.2) is 26.8 Å². The third-order valence-electron chi connectivity index (χ3n) is 5.01. The second-order valence-electron chi connectivity index (χ2n) is 7.01. The molecule has 0 aliphatic carbocycles. The Balaban J connectivity index is 1.67. The number of benzene rings is 2. The molecule has 8 heteroatoms. The number of aryl methyl sites for hydroxylation is 1. The normalized spacial score (nSPS) is 15.2. The van der Waals surface area contributed by atoms with Crippen LogP contribution in [0, 0.1) is 13.8 Å². The number of carboxylic acids is 1. The van der Waals surface area contributed by atoms with E-state index in [9.17, 15) is 14.4 Å². The second kappa shape index (κ2) is 8.09. The summed E-state index contributed by atoms with van der Waals surface area (Å²) in [7, 11) is 0. The van der Waals surface area contributed by atoms with Crippen molar-refractivity contribution in [2.75, 3.05) is 4.90 Å². The van der Waals surface area contributed by atoms with Crippen molar-refractivity contribution in [3.8, 4) is 5.69 Å². The first-order valence-electron chi connectivity index (χ1n) is 9.32. The van der Waals surface area contributed by atoms with Crippen LogP contribution in [0.4, 0.5) is 10.5 Å². The molecule has 6 nitrogen and oxygen atoms in total. The average Bonchev–Trinajstić information content (AvgIpc) is 3.17. The summed E-state index contributed by atoms with van der Waals surface area (Å²) >= 11 is 6.79. The van der Waals surface area contributed by atoms with Crippen LogP contribution in [0.5, 0.6) is 0 Å². The fraction of sp³-hybridized carbons (Fsp3) is 0.0870. The third-order valence-corrected chi connectivity index (χ3v) is 6.13. The highest BCUT2D eigenvalue weighted by atomic mass is 35.5. The zero-order chi connectivity index (χ0) is 22.3. The van der Waals surface area contributed by atoms with Crippen molar-refractivity contribution in [1.82, 2.24) is 4.57 Å². The minimum atomic E-state index is -0.982. The van der Waals surface area contributed by atoms with Crippen molar-refractivity contribution in [2.24, 2.45) is 0 Å². The van der Waals surface area contributed by atoms with Gasteiger partial charge in [-0.3, -0.25) is 9.59 Å². The molecule has 1 fully saturated rings. The summed E-state index contributed by atoms with van der Waals surface area (Å²) < 4.78 is 1.97. The number of carbonyl (C=O) groups is 3. The lowest BCUT2D eigenvalue weighted by atomic mass is 10.2. The molecule has 2 amide bonds. The van der Waals surface area contributed by atoms with Crippen LogP contribution < -0.4 is 4.90 Å². The molecule has 156 valence electrons. The Hall–Kier alpha value is -3.29. The van der Waals surface area contributed by atoms with Crippen LogP contribution >= 0.6 is 23.4 Å². The molecular formula is C23H17ClN2O4S. The predicted octanol–water partition coefficient (Wildman–Crippen LogP) is 5.69. The molecule has 1 aliphatic rings. The van der Waals surface area contributed by atoms with Crippen LogP contribution in [0.2, 0.25) is 5.02 Å². The lowest BCUT2D eigenvalue weighted by Gasteiger charge is -2.12. The number of rotatable bonds is 4. The van der Waals surface area contributed by atoms with Crippen LogP contribution in [-0.2, 0) is 4.79 Å². The molecule has 1 saturated heterocycles. The molecule has 1 aromatic heterocycles. The molecule has 31 heavy (non-hydrogen) atoms. The van der Waals surface area contributed by atoms with E-state index in [-0.39, 0.29) is 16.7 Å². The molecule has 3 aromatic rings. The monoisotopic (exact) mass is 452 g/mol. The molecule has 0 saturated carbocycles. The highest BCUT2D eigenvalue weighted by Gasteiger charge is 2.36. The number of aromatic nitrogens is 1. The number of halogens is 1. The number of hydrogen-bond acceptors (Lipinski definition) is 4. The Kier molecular flexibility index (Phi) is 5.47. The molecule has 0 unspecified atom stereocenters. The quantitative estimate of drug-likeness (QED) is 0.514. The highest BCUT2D eigenvalue weighted by molar-refractivity contribution is 8.19. The van der Waals surface area contributed by atoms with Gasteiger partial charge in [0.25, 0.3) is 11.1 Å². The maximum Gasteiger partial charge on any atom is 0.335 e. The molecule has 0 radical (unpaired) electrons. The summed E-state index contributed by atoms with van der Waals surface area (Å²) in [6.07, 6.45) is 1.71. The summed E-state index contributed by atoms with van der Waals surface area (Å²) in [5.74, 6) is -1.36. The first-order chi connectivity index (χ1) is 14.8. The lowest BCUT2D eigenvalue weighted by molar-refractivity contribution is -0.113. The van der Waals surface area contributed by atoms with E-state index in [1.807, 2.05) is 24.5 Å². The van der Waals surface area contributed by atoms with Crippen molar-refractivity contribution in [1.29, 1.82) is 0 Å². The highest BCUT2D eigenvalue weighted by Crippen LogP contribution is 2.37. The summed E-state index contributed by atoms with van der Waals surface area (Å²) in [5, 5.41) is 9.25. The van der Waals surface area contributed by atoms with Crippen molar-refractivity contribution in [3.63, 3.8) is 0 Å². The minimum Gasteiger partial charge on any atom is -0.478 e. The zero-order valence-corrected chi connectivity index (χ0v) is 18.2. The largest absolute Gasteiger partial charge is 0.478 e. The molecule has 0 spiro atoms. The van der Waals surface area contributed by atoms with E-state index in [4.69, 9.17) is 16.7 Å². The van der Waals surface area contributed by atoms with Gasteiger partial charge in [0.05, 0.1) is 16.2 Å². The Bertz CT molecular complexity index is 1240. The van der Waals surface area contributed by atoms with Crippen LogP contribution in [0.1, 0.15) is 27.3 Å². The first-order valence-corrected chi connectivity index (χ1v) is 10.5. The molecule has 2 aromatic carbocycles. The van der Waals surface area contributed by atoms with Gasteiger partial charge in [-0.2, -0.15) is 0 Å². The molecular weight excluding hydrogens is 436 g/mol. The van der Waals surface area contributed by atoms with Crippen molar-refractivity contribution in [3.05, 3.63) is 87.0 Å². The van der Waals surface area contributed by atoms with Gasteiger partial charge in [-0.05, 0) is 91.8 Å². The van der Waals surface area contributed by atoms with Gasteiger partial charge in [-0.25, -0.2) is 9.69 Å². The van der Waals surface area contributed by atoms with E-state index in [1.54, 1.807) is 54.6 Å². The SMILES string of the molecule is Cc1cc(/C=C2\SC(=O)N(c3ccc(Cl)cc3)C2=O)c(C)n1-c1ccc(C(=O)O)cc1. The average molecular weight is 453 g/mol. The number of carbonyl (C=O) groups excluding carboxylic acids is 2. The van der Waals surface area contributed by atoms with E-state index in [0.29, 0.717) is 15.6 Å². The molecule has 0 bridgehead atoms. The number of thioether (sulfide) groups is 1. The Morgan fingerprint density at radius 2 is 1.61 bits per heavy atom. The second-order valence-corrected chi connectivity index (χ2v) is 8.44. The molecule has 1 aliphatic heterocycles. The number of aromatic carboxylic acids is 1. The number of nitrogens with zero attached hydrogens (tertiary/aromatic N) is 2. The van der Waals surface area contributed by atoms with E-state index >= 15 is 0 Å². The first kappa shape index (κ1) is 21.0. The molecule has 1 N–H and O–H groups in total. The fourth-order valence-electron chi connectivity index (χ4n) is 3.51. The van der Waals surface area contributed by atoms with Crippen LogP contribution in [0.3, 0.4) is 0 Å². The minimum absolute atomic E-state index is 0.210. The summed E-state index contributed by atoms with van der Waals surface area (Å²) in [6, 6.07) is 15.0. The van der Waals surface area contributed by atoms with Gasteiger partial charge >= 0.3 is 5.97 Å². The van der Waals surface area contributed by atoms with Crippen molar-refractivity contribution < 1.29 is 19.5 Å². The van der Waals surface area contributed by atoms with Gasteiger partial charge in [0, 0.05) is 22.1 Å². The van der Waals surface area contributed by atoms with Crippen LogP contribution in [0.25, 0.3) is 11.8 Å². The lowest BCUT2D eigenvalue weighted by Crippen LogP contribution is -2.27. The molecule has 4 rings (SSSR count). The number of hydrogen-bond donors (Lipinski definition) is 1. The summed E-state index contributed by atoms with van der Waals surface area (Å²) in [5.41, 5.74) is 4.10. The van der Waals surface area contributed by atoms with Crippen molar-refractivity contribution >= 4 is 52.2 Å². The summed E-state index contributed by atoms with van der Waals surface area (Å²) in [6.45, 7) is 3.84. The van der Waals surface area contributed by atoms with Gasteiger partial charge in [0.15, 0.2) is 0 Å². The predicted molar refractivity (Wildman–Crippen MR) is 122 cm³/mol. The van der Waals surface area contributed by atoms with Crippen molar-refractivity contribution in [2.45, 2.75) is 13.8 Å². The number of imide groups is 1. The Morgan fingerprint density at radius 3 is 2.23 bits per heavy atom. The van der Waals surface area contributed by atoms with E-state index in [2.05, 4.69) is 0 Å². The third kappa shape index (κ3) is 3.89. The number of anilines is 1. The maximum atomic E-state index is 12.9. The van der Waals surface area contributed by atoms with Gasteiger partial charge < -0.3 is 9.67 Å². The van der Waals surface area contributed by atoms with Crippen LogP contribution in [0.15, 0.2) is 59.5 Å². The topological polar surface area (TPSA) is 79.6 Å². The zero-order valence-electron chi connectivity index (χ0n) is 16.6. The standard InChI is InChI=1S/C23H17ClN2O4S/c1-13-11-16(14(2)25(13)18-7-3-15(4-8-18)22(28)29)12-20-21(27)26(23(30)31-20)19-9-5-17(24)6-10-19/h3-12H,1-2H3,(H,28,29)/b20-12-. The molecule has 2 heterocycles. The van der Waals surface area contributed by atoms with Gasteiger partial charge in [0.1, 0.15) is 0 Å².